The molecule has 0 aromatic rings. The Labute approximate surface area is 160 Å². The number of ether oxygens (including phenoxy) is 2. The third-order valence-corrected chi connectivity index (χ3v) is 5.99. The molecular weight excluding hydrogens is 356 g/mol. The SMILES string of the molecule is C[C@H](O)/C=C/[C@@]1(O)[C@H](C)C[C@H](O[C@@H]2O[C@H](CO)[C@H](O)[C@H](O)[C@H]2O)CC1(C)C. The largest absolute Gasteiger partial charge is 0.394 e. The van der Waals surface area contributed by atoms with Crippen molar-refractivity contribution in [2.75, 3.05) is 6.61 Å². The van der Waals surface area contributed by atoms with Gasteiger partial charge in [-0.25, -0.2) is 0 Å². The Morgan fingerprint density at radius 2 is 1.81 bits per heavy atom. The van der Waals surface area contributed by atoms with Crippen molar-refractivity contribution >= 4 is 0 Å². The van der Waals surface area contributed by atoms with Crippen LogP contribution in [0.2, 0.25) is 0 Å². The van der Waals surface area contributed by atoms with Gasteiger partial charge in [-0.2, -0.15) is 0 Å². The van der Waals surface area contributed by atoms with Crippen LogP contribution in [0.5, 0.6) is 0 Å². The molecule has 2 rings (SSSR count). The van der Waals surface area contributed by atoms with E-state index in [-0.39, 0.29) is 12.0 Å². The molecule has 8 nitrogen and oxygen atoms in total. The molecule has 1 aliphatic carbocycles. The van der Waals surface area contributed by atoms with Gasteiger partial charge < -0.3 is 40.1 Å². The van der Waals surface area contributed by atoms with Crippen molar-refractivity contribution in [3.63, 3.8) is 0 Å². The molecule has 8 heteroatoms. The van der Waals surface area contributed by atoms with Gasteiger partial charge in [-0.15, -0.1) is 0 Å². The second-order valence-corrected chi connectivity index (χ2v) is 8.61. The van der Waals surface area contributed by atoms with Crippen LogP contribution >= 0.6 is 0 Å². The molecule has 0 bridgehead atoms. The second kappa shape index (κ2) is 8.42. The molecule has 9 atom stereocenters. The molecule has 0 spiro atoms. The maximum Gasteiger partial charge on any atom is 0.186 e. The van der Waals surface area contributed by atoms with Crippen LogP contribution < -0.4 is 0 Å². The maximum absolute atomic E-state index is 11.2. The number of aliphatic hydroxyl groups is 6. The summed E-state index contributed by atoms with van der Waals surface area (Å²) in [4.78, 5) is 0. The van der Waals surface area contributed by atoms with E-state index in [0.717, 1.165) is 0 Å². The second-order valence-electron chi connectivity index (χ2n) is 8.61. The molecular formula is C19H34O8. The molecule has 1 aliphatic heterocycles. The highest BCUT2D eigenvalue weighted by Gasteiger charge is 2.52. The summed E-state index contributed by atoms with van der Waals surface area (Å²) in [5, 5.41) is 60.0. The summed E-state index contributed by atoms with van der Waals surface area (Å²) in [5.41, 5.74) is -1.73. The topological polar surface area (TPSA) is 140 Å². The molecule has 27 heavy (non-hydrogen) atoms. The normalized spacial score (nSPS) is 46.5. The van der Waals surface area contributed by atoms with E-state index in [9.17, 15) is 30.6 Å². The van der Waals surface area contributed by atoms with Gasteiger partial charge in [0.05, 0.1) is 24.4 Å². The molecule has 1 heterocycles. The van der Waals surface area contributed by atoms with Gasteiger partial charge >= 0.3 is 0 Å². The van der Waals surface area contributed by atoms with Gasteiger partial charge in [-0.1, -0.05) is 32.9 Å². The molecule has 6 N–H and O–H groups in total. The average molecular weight is 390 g/mol. The summed E-state index contributed by atoms with van der Waals surface area (Å²) in [6, 6.07) is 0. The predicted molar refractivity (Wildman–Crippen MR) is 96.6 cm³/mol. The van der Waals surface area contributed by atoms with Gasteiger partial charge in [-0.3, -0.25) is 0 Å². The van der Waals surface area contributed by atoms with Gasteiger partial charge in [-0.05, 0) is 31.1 Å². The monoisotopic (exact) mass is 390 g/mol. The molecule has 0 unspecified atom stereocenters. The molecule has 158 valence electrons. The minimum absolute atomic E-state index is 0.203. The Hall–Kier alpha value is -0.580. The zero-order valence-corrected chi connectivity index (χ0v) is 16.4. The van der Waals surface area contributed by atoms with Crippen LogP contribution in [0.4, 0.5) is 0 Å². The number of aliphatic hydroxyl groups excluding tert-OH is 5. The Balaban J connectivity index is 2.12. The highest BCUT2D eigenvalue weighted by molar-refractivity contribution is 5.15. The first-order valence-corrected chi connectivity index (χ1v) is 9.48. The fraction of sp³-hybridized carbons (Fsp3) is 0.895. The standard InChI is InChI=1S/C19H34O8/c1-10-7-12(8-18(3,4)19(10,25)6-5-11(2)21)26-17-16(24)15(23)14(22)13(9-20)27-17/h5-6,10-17,20-25H,7-9H2,1-4H3/b6-5+/t10-,11+,12+,13-,14+,15+,16-,17-,19-/m1/s1. The lowest BCUT2D eigenvalue weighted by molar-refractivity contribution is -0.319. The maximum atomic E-state index is 11.2. The predicted octanol–water partition coefficient (Wildman–Crippen LogP) is -0.704. The highest BCUT2D eigenvalue weighted by Crippen LogP contribution is 2.49. The molecule has 1 saturated heterocycles. The first kappa shape index (κ1) is 22.7. The van der Waals surface area contributed by atoms with Crippen LogP contribution in [0.1, 0.15) is 40.5 Å². The minimum atomic E-state index is -1.49. The third kappa shape index (κ3) is 4.54. The van der Waals surface area contributed by atoms with Gasteiger partial charge in [0.2, 0.25) is 0 Å². The average Bonchev–Trinajstić information content (AvgIpc) is 2.58. The highest BCUT2D eigenvalue weighted by atomic mass is 16.7. The van der Waals surface area contributed by atoms with E-state index in [2.05, 4.69) is 0 Å². The fourth-order valence-corrected chi connectivity index (χ4v) is 4.21. The van der Waals surface area contributed by atoms with Gasteiger partial charge in [0, 0.05) is 0 Å². The fourth-order valence-electron chi connectivity index (χ4n) is 4.21. The van der Waals surface area contributed by atoms with Crippen molar-refractivity contribution in [2.24, 2.45) is 11.3 Å². The van der Waals surface area contributed by atoms with E-state index in [1.165, 1.54) is 0 Å². The van der Waals surface area contributed by atoms with Gasteiger partial charge in [0.25, 0.3) is 0 Å². The van der Waals surface area contributed by atoms with E-state index >= 15 is 0 Å². The quantitative estimate of drug-likeness (QED) is 0.339. The number of rotatable bonds is 5. The zero-order chi connectivity index (χ0) is 20.6. The van der Waals surface area contributed by atoms with Gasteiger partial charge in [0.15, 0.2) is 6.29 Å². The van der Waals surface area contributed by atoms with Crippen molar-refractivity contribution in [1.82, 2.24) is 0 Å². The molecule has 0 aromatic heterocycles. The molecule has 0 aromatic carbocycles. The lowest BCUT2D eigenvalue weighted by Crippen LogP contribution is -2.61. The minimum Gasteiger partial charge on any atom is -0.394 e. The van der Waals surface area contributed by atoms with Crippen LogP contribution in [0.15, 0.2) is 12.2 Å². The van der Waals surface area contributed by atoms with Crippen LogP contribution in [0, 0.1) is 11.3 Å². The van der Waals surface area contributed by atoms with Crippen molar-refractivity contribution in [3.8, 4) is 0 Å². The molecule has 2 fully saturated rings. The van der Waals surface area contributed by atoms with E-state index in [4.69, 9.17) is 9.47 Å². The van der Waals surface area contributed by atoms with Crippen molar-refractivity contribution < 1.29 is 40.1 Å². The lowest BCUT2D eigenvalue weighted by atomic mass is 9.59. The number of hydrogen-bond acceptors (Lipinski definition) is 8. The third-order valence-electron chi connectivity index (χ3n) is 5.99. The summed E-state index contributed by atoms with van der Waals surface area (Å²) in [6.07, 6.45) is -3.46. The first-order valence-electron chi connectivity index (χ1n) is 9.48. The Bertz CT molecular complexity index is 520. The molecule has 2 aliphatic rings. The zero-order valence-electron chi connectivity index (χ0n) is 16.4. The van der Waals surface area contributed by atoms with E-state index in [1.807, 2.05) is 20.8 Å². The van der Waals surface area contributed by atoms with Gasteiger partial charge in [0.1, 0.15) is 24.4 Å². The lowest BCUT2D eigenvalue weighted by Gasteiger charge is -2.52. The smallest absolute Gasteiger partial charge is 0.186 e. The van der Waals surface area contributed by atoms with E-state index in [1.54, 1.807) is 19.1 Å². The van der Waals surface area contributed by atoms with Crippen LogP contribution in [-0.2, 0) is 9.47 Å². The Morgan fingerprint density at radius 1 is 1.19 bits per heavy atom. The summed E-state index contributed by atoms with van der Waals surface area (Å²) in [6.45, 7) is 6.79. The van der Waals surface area contributed by atoms with Crippen LogP contribution in [0.25, 0.3) is 0 Å². The molecule has 1 saturated carbocycles. The number of hydrogen-bond donors (Lipinski definition) is 6. The van der Waals surface area contributed by atoms with E-state index < -0.39 is 54.4 Å². The summed E-state index contributed by atoms with van der Waals surface area (Å²) < 4.78 is 11.3. The molecule has 0 radical (unpaired) electrons. The summed E-state index contributed by atoms with van der Waals surface area (Å²) in [7, 11) is 0. The van der Waals surface area contributed by atoms with Crippen molar-refractivity contribution in [3.05, 3.63) is 12.2 Å². The van der Waals surface area contributed by atoms with Crippen LogP contribution in [0.3, 0.4) is 0 Å². The van der Waals surface area contributed by atoms with Crippen molar-refractivity contribution in [1.29, 1.82) is 0 Å². The Morgan fingerprint density at radius 3 is 2.33 bits per heavy atom. The first-order chi connectivity index (χ1) is 12.4. The summed E-state index contributed by atoms with van der Waals surface area (Å²) >= 11 is 0. The molecule has 0 amide bonds. The van der Waals surface area contributed by atoms with Crippen LogP contribution in [-0.4, -0.2) is 85.8 Å². The summed E-state index contributed by atoms with van der Waals surface area (Å²) in [5.74, 6) is -0.203. The van der Waals surface area contributed by atoms with E-state index in [0.29, 0.717) is 12.8 Å². The Kier molecular flexibility index (Phi) is 7.08. The van der Waals surface area contributed by atoms with Crippen molar-refractivity contribution in [2.45, 2.75) is 89.1 Å².